The summed E-state index contributed by atoms with van der Waals surface area (Å²) in [5.74, 6) is 0.656. The zero-order valence-corrected chi connectivity index (χ0v) is 12.9. The SMILES string of the molecule is C=C/C(=C\C=C(C)C)C1=CC(CN2CCCC2)CC=C1. The molecule has 1 aliphatic heterocycles. The number of likely N-dealkylation sites (tertiary alicyclic amines) is 1. The summed E-state index contributed by atoms with van der Waals surface area (Å²) in [6.07, 6.45) is 17.2. The van der Waals surface area contributed by atoms with Crippen molar-refractivity contribution in [1.29, 1.82) is 0 Å². The molecule has 0 aromatic heterocycles. The molecule has 1 heterocycles. The number of allylic oxidation sites excluding steroid dienone is 8. The fraction of sp³-hybridized carbons (Fsp3) is 0.474. The topological polar surface area (TPSA) is 3.24 Å². The van der Waals surface area contributed by atoms with Gasteiger partial charge in [0.15, 0.2) is 0 Å². The van der Waals surface area contributed by atoms with Gasteiger partial charge in [0.1, 0.15) is 0 Å². The largest absolute Gasteiger partial charge is 0.303 e. The van der Waals surface area contributed by atoms with E-state index in [4.69, 9.17) is 0 Å². The second kappa shape index (κ2) is 7.44. The second-order valence-electron chi connectivity index (χ2n) is 6.10. The molecule has 1 saturated heterocycles. The Labute approximate surface area is 124 Å². The van der Waals surface area contributed by atoms with Gasteiger partial charge in [0, 0.05) is 6.54 Å². The maximum absolute atomic E-state index is 3.96. The van der Waals surface area contributed by atoms with E-state index >= 15 is 0 Å². The summed E-state index contributed by atoms with van der Waals surface area (Å²) >= 11 is 0. The lowest BCUT2D eigenvalue weighted by molar-refractivity contribution is 0.302. The van der Waals surface area contributed by atoms with Crippen LogP contribution in [0.4, 0.5) is 0 Å². The van der Waals surface area contributed by atoms with E-state index in [2.05, 4.69) is 55.7 Å². The molecule has 1 nitrogen and oxygen atoms in total. The van der Waals surface area contributed by atoms with E-state index in [-0.39, 0.29) is 0 Å². The number of hydrogen-bond acceptors (Lipinski definition) is 1. The third-order valence-corrected chi connectivity index (χ3v) is 3.99. The molecular formula is C19H27N. The van der Waals surface area contributed by atoms with E-state index in [0.717, 1.165) is 0 Å². The van der Waals surface area contributed by atoms with Crippen molar-refractivity contribution in [3.8, 4) is 0 Å². The van der Waals surface area contributed by atoms with E-state index in [1.807, 2.05) is 6.08 Å². The van der Waals surface area contributed by atoms with Crippen molar-refractivity contribution < 1.29 is 0 Å². The minimum atomic E-state index is 0.656. The third kappa shape index (κ3) is 4.35. The zero-order chi connectivity index (χ0) is 14.4. The van der Waals surface area contributed by atoms with Crippen molar-refractivity contribution in [2.75, 3.05) is 19.6 Å². The minimum Gasteiger partial charge on any atom is -0.303 e. The Bertz CT molecular complexity index is 452. The van der Waals surface area contributed by atoms with Crippen LogP contribution in [0.15, 0.2) is 59.8 Å². The van der Waals surface area contributed by atoms with Crippen molar-refractivity contribution in [1.82, 2.24) is 4.90 Å². The fourth-order valence-electron chi connectivity index (χ4n) is 2.90. The molecule has 2 aliphatic rings. The first kappa shape index (κ1) is 15.1. The van der Waals surface area contributed by atoms with Crippen LogP contribution >= 0.6 is 0 Å². The van der Waals surface area contributed by atoms with Crippen LogP contribution in [0, 0.1) is 5.92 Å². The first-order valence-electron chi connectivity index (χ1n) is 7.78. The Morgan fingerprint density at radius 2 is 2.05 bits per heavy atom. The third-order valence-electron chi connectivity index (χ3n) is 3.99. The Balaban J connectivity index is 2.06. The van der Waals surface area contributed by atoms with Gasteiger partial charge in [-0.2, -0.15) is 0 Å². The van der Waals surface area contributed by atoms with Gasteiger partial charge in [-0.3, -0.25) is 0 Å². The normalized spacial score (nSPS) is 23.6. The first-order chi connectivity index (χ1) is 9.69. The molecule has 20 heavy (non-hydrogen) atoms. The summed E-state index contributed by atoms with van der Waals surface area (Å²) in [6, 6.07) is 0. The average Bonchev–Trinajstić information content (AvgIpc) is 2.92. The van der Waals surface area contributed by atoms with Crippen LogP contribution in [-0.4, -0.2) is 24.5 Å². The highest BCUT2D eigenvalue weighted by molar-refractivity contribution is 5.49. The fourth-order valence-corrected chi connectivity index (χ4v) is 2.90. The summed E-state index contributed by atoms with van der Waals surface area (Å²) in [7, 11) is 0. The highest BCUT2D eigenvalue weighted by atomic mass is 15.1. The molecule has 0 amide bonds. The maximum Gasteiger partial charge on any atom is 0.00476 e. The quantitative estimate of drug-likeness (QED) is 0.656. The monoisotopic (exact) mass is 269 g/mol. The molecule has 1 unspecified atom stereocenters. The van der Waals surface area contributed by atoms with Crippen molar-refractivity contribution in [3.05, 3.63) is 59.8 Å². The molecule has 108 valence electrons. The van der Waals surface area contributed by atoms with Gasteiger partial charge < -0.3 is 4.90 Å². The number of nitrogens with zero attached hydrogens (tertiary/aromatic N) is 1. The van der Waals surface area contributed by atoms with Crippen LogP contribution in [0.2, 0.25) is 0 Å². The van der Waals surface area contributed by atoms with Crippen LogP contribution < -0.4 is 0 Å². The molecule has 0 bridgehead atoms. The Morgan fingerprint density at radius 1 is 1.30 bits per heavy atom. The Morgan fingerprint density at radius 3 is 2.70 bits per heavy atom. The van der Waals surface area contributed by atoms with Crippen molar-refractivity contribution in [3.63, 3.8) is 0 Å². The highest BCUT2D eigenvalue weighted by Gasteiger charge is 2.17. The number of rotatable bonds is 5. The van der Waals surface area contributed by atoms with Crippen LogP contribution in [0.25, 0.3) is 0 Å². The molecule has 2 rings (SSSR count). The van der Waals surface area contributed by atoms with E-state index in [0.29, 0.717) is 5.92 Å². The predicted molar refractivity (Wildman–Crippen MR) is 88.7 cm³/mol. The van der Waals surface area contributed by atoms with Crippen molar-refractivity contribution in [2.24, 2.45) is 5.92 Å². The zero-order valence-electron chi connectivity index (χ0n) is 12.9. The molecule has 0 saturated carbocycles. The van der Waals surface area contributed by atoms with Crippen LogP contribution in [0.5, 0.6) is 0 Å². The summed E-state index contributed by atoms with van der Waals surface area (Å²) in [4.78, 5) is 2.60. The van der Waals surface area contributed by atoms with Gasteiger partial charge in [0.25, 0.3) is 0 Å². The molecule has 1 atom stereocenters. The molecular weight excluding hydrogens is 242 g/mol. The van der Waals surface area contributed by atoms with Gasteiger partial charge in [-0.15, -0.1) is 0 Å². The molecule has 0 aromatic rings. The van der Waals surface area contributed by atoms with Crippen molar-refractivity contribution in [2.45, 2.75) is 33.1 Å². The van der Waals surface area contributed by atoms with Gasteiger partial charge in [0.2, 0.25) is 0 Å². The van der Waals surface area contributed by atoms with Gasteiger partial charge >= 0.3 is 0 Å². The Hall–Kier alpha value is -1.34. The summed E-state index contributed by atoms with van der Waals surface area (Å²) < 4.78 is 0. The molecule has 1 fully saturated rings. The average molecular weight is 269 g/mol. The summed E-state index contributed by atoms with van der Waals surface area (Å²) in [5, 5.41) is 0. The van der Waals surface area contributed by atoms with Gasteiger partial charge in [-0.05, 0) is 63.3 Å². The van der Waals surface area contributed by atoms with E-state index in [1.165, 1.54) is 55.6 Å². The highest BCUT2D eigenvalue weighted by Crippen LogP contribution is 2.24. The molecule has 0 aromatic carbocycles. The summed E-state index contributed by atoms with van der Waals surface area (Å²) in [6.45, 7) is 12.0. The van der Waals surface area contributed by atoms with Crippen LogP contribution in [0.1, 0.15) is 33.1 Å². The molecule has 0 N–H and O–H groups in total. The molecule has 0 radical (unpaired) electrons. The second-order valence-corrected chi connectivity index (χ2v) is 6.10. The first-order valence-corrected chi connectivity index (χ1v) is 7.78. The van der Waals surface area contributed by atoms with E-state index in [1.54, 1.807) is 0 Å². The van der Waals surface area contributed by atoms with Gasteiger partial charge in [-0.1, -0.05) is 48.6 Å². The Kier molecular flexibility index (Phi) is 5.60. The van der Waals surface area contributed by atoms with E-state index < -0.39 is 0 Å². The molecule has 0 spiro atoms. The van der Waals surface area contributed by atoms with Crippen molar-refractivity contribution >= 4 is 0 Å². The lowest BCUT2D eigenvalue weighted by Crippen LogP contribution is -2.26. The van der Waals surface area contributed by atoms with Crippen LogP contribution in [0.3, 0.4) is 0 Å². The van der Waals surface area contributed by atoms with Crippen LogP contribution in [-0.2, 0) is 0 Å². The standard InChI is InChI=1S/C19H27N/c1-4-18(11-10-16(2)3)19-9-7-8-17(14-19)15-20-12-5-6-13-20/h4,7,9-11,14,17H,1,5-6,8,12-13,15H2,2-3H3/b18-11+. The van der Waals surface area contributed by atoms with Gasteiger partial charge in [-0.25, -0.2) is 0 Å². The minimum absolute atomic E-state index is 0.656. The maximum atomic E-state index is 3.96. The van der Waals surface area contributed by atoms with E-state index in [9.17, 15) is 0 Å². The number of hydrogen-bond donors (Lipinski definition) is 0. The van der Waals surface area contributed by atoms with Gasteiger partial charge in [0.05, 0.1) is 0 Å². The lowest BCUT2D eigenvalue weighted by Gasteiger charge is -2.23. The molecule has 1 heteroatoms. The predicted octanol–water partition coefficient (Wildman–Crippen LogP) is 4.66. The summed E-state index contributed by atoms with van der Waals surface area (Å²) in [5.41, 5.74) is 3.87. The smallest absolute Gasteiger partial charge is 0.00476 e. The lowest BCUT2D eigenvalue weighted by atomic mass is 9.91. The molecule has 1 aliphatic carbocycles.